The largest absolute Gasteiger partial charge is 0.385 e. The van der Waals surface area contributed by atoms with Crippen LogP contribution in [0.1, 0.15) is 24.6 Å². The number of nitrogens with zero attached hydrogens (tertiary/aromatic N) is 3. The van der Waals surface area contributed by atoms with Gasteiger partial charge in [0.05, 0.1) is 11.5 Å². The molecule has 2 aromatic heterocycles. The number of methoxy groups -OCH3 is 1. The standard InChI is InChI=1S/C14H19N3O3S/c1-20-8-3-7-17-13(11-5-9-21(18,19)10-11)16-12-4-2-6-15-14(12)17/h2,4,6,11H,3,5,7-10H2,1H3. The van der Waals surface area contributed by atoms with Gasteiger partial charge in [-0.2, -0.15) is 0 Å². The van der Waals surface area contributed by atoms with Gasteiger partial charge in [-0.1, -0.05) is 0 Å². The van der Waals surface area contributed by atoms with Crippen LogP contribution in [0.15, 0.2) is 18.3 Å². The zero-order valence-electron chi connectivity index (χ0n) is 12.0. The minimum atomic E-state index is -2.92. The summed E-state index contributed by atoms with van der Waals surface area (Å²) < 4.78 is 30.6. The second-order valence-electron chi connectivity index (χ2n) is 5.41. The van der Waals surface area contributed by atoms with Gasteiger partial charge < -0.3 is 9.30 Å². The van der Waals surface area contributed by atoms with Crippen molar-refractivity contribution in [2.75, 3.05) is 25.2 Å². The van der Waals surface area contributed by atoms with Crippen molar-refractivity contribution in [3.05, 3.63) is 24.2 Å². The van der Waals surface area contributed by atoms with E-state index in [1.165, 1.54) is 0 Å². The fourth-order valence-electron chi connectivity index (χ4n) is 2.87. The van der Waals surface area contributed by atoms with E-state index in [1.54, 1.807) is 13.3 Å². The summed E-state index contributed by atoms with van der Waals surface area (Å²) in [5.74, 6) is 1.28. The summed E-state index contributed by atoms with van der Waals surface area (Å²) in [4.78, 5) is 9.03. The molecule has 1 saturated heterocycles. The zero-order valence-corrected chi connectivity index (χ0v) is 12.8. The van der Waals surface area contributed by atoms with Crippen molar-refractivity contribution in [1.29, 1.82) is 0 Å². The molecule has 1 unspecified atom stereocenters. The topological polar surface area (TPSA) is 74.1 Å². The molecule has 1 aliphatic heterocycles. The van der Waals surface area contributed by atoms with E-state index in [4.69, 9.17) is 4.74 Å². The Bertz CT molecular complexity index is 739. The molecule has 0 spiro atoms. The maximum absolute atomic E-state index is 11.7. The molecule has 3 rings (SSSR count). The van der Waals surface area contributed by atoms with Crippen molar-refractivity contribution in [2.24, 2.45) is 0 Å². The second kappa shape index (κ2) is 5.73. The Labute approximate surface area is 124 Å². The van der Waals surface area contributed by atoms with Gasteiger partial charge in [-0.15, -0.1) is 0 Å². The summed E-state index contributed by atoms with van der Waals surface area (Å²) >= 11 is 0. The number of imidazole rings is 1. The number of hydrogen-bond donors (Lipinski definition) is 0. The second-order valence-corrected chi connectivity index (χ2v) is 7.64. The van der Waals surface area contributed by atoms with Crippen molar-refractivity contribution >= 4 is 21.0 Å². The number of hydrogen-bond acceptors (Lipinski definition) is 5. The molecule has 6 nitrogen and oxygen atoms in total. The Balaban J connectivity index is 1.98. The van der Waals surface area contributed by atoms with E-state index >= 15 is 0 Å². The minimum Gasteiger partial charge on any atom is -0.385 e. The van der Waals surface area contributed by atoms with Crippen molar-refractivity contribution in [3.63, 3.8) is 0 Å². The van der Waals surface area contributed by atoms with E-state index in [9.17, 15) is 8.42 Å². The van der Waals surface area contributed by atoms with E-state index in [2.05, 4.69) is 14.5 Å². The molecule has 1 aliphatic rings. The van der Waals surface area contributed by atoms with Gasteiger partial charge >= 0.3 is 0 Å². The molecule has 0 N–H and O–H groups in total. The smallest absolute Gasteiger partial charge is 0.159 e. The number of aryl methyl sites for hydroxylation is 1. The molecule has 0 aromatic carbocycles. The monoisotopic (exact) mass is 309 g/mol. The molecule has 7 heteroatoms. The zero-order chi connectivity index (χ0) is 14.9. The summed E-state index contributed by atoms with van der Waals surface area (Å²) in [6.45, 7) is 1.40. The molecule has 0 bridgehead atoms. The maximum atomic E-state index is 11.7. The van der Waals surface area contributed by atoms with Crippen LogP contribution >= 0.6 is 0 Å². The van der Waals surface area contributed by atoms with Gasteiger partial charge in [-0.25, -0.2) is 18.4 Å². The lowest BCUT2D eigenvalue weighted by Gasteiger charge is -2.12. The van der Waals surface area contributed by atoms with Crippen LogP contribution in [-0.4, -0.2) is 48.2 Å². The number of sulfone groups is 1. The van der Waals surface area contributed by atoms with Crippen LogP contribution < -0.4 is 0 Å². The van der Waals surface area contributed by atoms with E-state index < -0.39 is 9.84 Å². The molecule has 0 saturated carbocycles. The average molecular weight is 309 g/mol. The molecule has 21 heavy (non-hydrogen) atoms. The first-order chi connectivity index (χ1) is 10.1. The van der Waals surface area contributed by atoms with E-state index in [1.807, 2.05) is 12.1 Å². The molecule has 0 aliphatic carbocycles. The Morgan fingerprint density at radius 2 is 2.33 bits per heavy atom. The predicted octanol–water partition coefficient (Wildman–Crippen LogP) is 1.37. The molecule has 1 fully saturated rings. The van der Waals surface area contributed by atoms with Gasteiger partial charge in [0.15, 0.2) is 15.5 Å². The Hall–Kier alpha value is -1.47. The van der Waals surface area contributed by atoms with Crippen molar-refractivity contribution < 1.29 is 13.2 Å². The third-order valence-corrected chi connectivity index (χ3v) is 5.63. The van der Waals surface area contributed by atoms with Crippen LogP contribution in [0.4, 0.5) is 0 Å². The molecule has 1 atom stereocenters. The van der Waals surface area contributed by atoms with E-state index in [0.717, 1.165) is 30.0 Å². The highest BCUT2D eigenvalue weighted by Crippen LogP contribution is 2.30. The molecular weight excluding hydrogens is 290 g/mol. The number of aromatic nitrogens is 3. The summed E-state index contributed by atoms with van der Waals surface area (Å²) in [7, 11) is -1.25. The van der Waals surface area contributed by atoms with Gasteiger partial charge in [0.2, 0.25) is 0 Å². The van der Waals surface area contributed by atoms with Gasteiger partial charge in [0.25, 0.3) is 0 Å². The van der Waals surface area contributed by atoms with E-state index in [0.29, 0.717) is 13.0 Å². The van der Waals surface area contributed by atoms with Gasteiger partial charge in [-0.3, -0.25) is 0 Å². The minimum absolute atomic E-state index is 0.0215. The lowest BCUT2D eigenvalue weighted by atomic mass is 10.1. The number of rotatable bonds is 5. The molecular formula is C14H19N3O3S. The lowest BCUT2D eigenvalue weighted by molar-refractivity contribution is 0.190. The van der Waals surface area contributed by atoms with Crippen LogP contribution in [-0.2, 0) is 21.1 Å². The fraction of sp³-hybridized carbons (Fsp3) is 0.571. The molecule has 3 heterocycles. The number of pyridine rings is 1. The molecule has 114 valence electrons. The predicted molar refractivity (Wildman–Crippen MR) is 80.0 cm³/mol. The first-order valence-corrected chi connectivity index (χ1v) is 8.93. The lowest BCUT2D eigenvalue weighted by Crippen LogP contribution is -2.12. The first kappa shape index (κ1) is 14.5. The fourth-order valence-corrected chi connectivity index (χ4v) is 4.61. The summed E-state index contributed by atoms with van der Waals surface area (Å²) in [6.07, 6.45) is 3.24. The van der Waals surface area contributed by atoms with Crippen molar-refractivity contribution in [3.8, 4) is 0 Å². The van der Waals surface area contributed by atoms with Crippen LogP contribution in [0.25, 0.3) is 11.2 Å². The summed E-state index contributed by atoms with van der Waals surface area (Å²) in [5.41, 5.74) is 1.65. The highest BCUT2D eigenvalue weighted by Gasteiger charge is 2.32. The SMILES string of the molecule is COCCCn1c(C2CCS(=O)(=O)C2)nc2cccnc21. The Morgan fingerprint density at radius 3 is 3.05 bits per heavy atom. The average Bonchev–Trinajstić information content (AvgIpc) is 3.00. The summed E-state index contributed by atoms with van der Waals surface area (Å²) in [5, 5.41) is 0. The third-order valence-electron chi connectivity index (χ3n) is 3.86. The maximum Gasteiger partial charge on any atom is 0.159 e. The first-order valence-electron chi connectivity index (χ1n) is 7.11. The van der Waals surface area contributed by atoms with Gasteiger partial charge in [0, 0.05) is 32.4 Å². The van der Waals surface area contributed by atoms with Gasteiger partial charge in [0.1, 0.15) is 11.3 Å². The number of ether oxygens (including phenoxy) is 1. The van der Waals surface area contributed by atoms with Crippen molar-refractivity contribution in [1.82, 2.24) is 14.5 Å². The molecule has 0 radical (unpaired) electrons. The van der Waals surface area contributed by atoms with Crippen LogP contribution in [0.5, 0.6) is 0 Å². The quantitative estimate of drug-likeness (QED) is 0.780. The van der Waals surface area contributed by atoms with E-state index in [-0.39, 0.29) is 17.4 Å². The van der Waals surface area contributed by atoms with Crippen LogP contribution in [0.2, 0.25) is 0 Å². The molecule has 0 amide bonds. The highest BCUT2D eigenvalue weighted by atomic mass is 32.2. The Morgan fingerprint density at radius 1 is 1.48 bits per heavy atom. The van der Waals surface area contributed by atoms with Crippen LogP contribution in [0, 0.1) is 0 Å². The van der Waals surface area contributed by atoms with Gasteiger partial charge in [-0.05, 0) is 25.0 Å². The normalized spacial score (nSPS) is 21.1. The third kappa shape index (κ3) is 2.94. The van der Waals surface area contributed by atoms with Crippen molar-refractivity contribution in [2.45, 2.75) is 25.3 Å². The highest BCUT2D eigenvalue weighted by molar-refractivity contribution is 7.91. The molecule has 2 aromatic rings. The number of fused-ring (bicyclic) bond motifs is 1. The summed E-state index contributed by atoms with van der Waals surface area (Å²) in [6, 6.07) is 3.77. The van der Waals surface area contributed by atoms with Crippen LogP contribution in [0.3, 0.4) is 0 Å². The Kier molecular flexibility index (Phi) is 3.95.